The van der Waals surface area contributed by atoms with E-state index in [1.807, 2.05) is 6.07 Å². The fourth-order valence-corrected chi connectivity index (χ4v) is 3.00. The number of nitrogens with one attached hydrogen (secondary N) is 1. The van der Waals surface area contributed by atoms with Gasteiger partial charge in [-0.25, -0.2) is 0 Å². The molecule has 0 radical (unpaired) electrons. The Hall–Kier alpha value is -1.10. The Labute approximate surface area is 131 Å². The van der Waals surface area contributed by atoms with Gasteiger partial charge in [-0.2, -0.15) is 0 Å². The minimum Gasteiger partial charge on any atom is -0.366 e. The summed E-state index contributed by atoms with van der Waals surface area (Å²) in [5.41, 5.74) is 6.69. The SMILES string of the molecule is CC(C)N1CCC(CNCc2ccc(C(N)=O)cc2Cl)C1. The van der Waals surface area contributed by atoms with Gasteiger partial charge in [0, 0.05) is 29.7 Å². The summed E-state index contributed by atoms with van der Waals surface area (Å²) in [6, 6.07) is 5.86. The van der Waals surface area contributed by atoms with E-state index < -0.39 is 5.91 Å². The molecule has 1 unspecified atom stereocenters. The number of rotatable bonds is 6. The highest BCUT2D eigenvalue weighted by atomic mass is 35.5. The second kappa shape index (κ2) is 7.25. The van der Waals surface area contributed by atoms with E-state index in [0.717, 1.165) is 18.7 Å². The minimum absolute atomic E-state index is 0.448. The molecule has 1 fully saturated rings. The van der Waals surface area contributed by atoms with Crippen LogP contribution >= 0.6 is 11.6 Å². The second-order valence-corrected chi connectivity index (χ2v) is 6.45. The number of amides is 1. The van der Waals surface area contributed by atoms with Gasteiger partial charge in [0.05, 0.1) is 0 Å². The van der Waals surface area contributed by atoms with Gasteiger partial charge in [-0.3, -0.25) is 4.79 Å². The van der Waals surface area contributed by atoms with Gasteiger partial charge in [0.15, 0.2) is 0 Å². The fourth-order valence-electron chi connectivity index (χ4n) is 2.75. The summed E-state index contributed by atoms with van der Waals surface area (Å²) in [7, 11) is 0. The molecule has 4 nitrogen and oxygen atoms in total. The van der Waals surface area contributed by atoms with Crippen LogP contribution in [0.2, 0.25) is 5.02 Å². The normalized spacial score (nSPS) is 19.3. The molecule has 1 amide bonds. The van der Waals surface area contributed by atoms with Crippen LogP contribution in [0.3, 0.4) is 0 Å². The van der Waals surface area contributed by atoms with Crippen LogP contribution < -0.4 is 11.1 Å². The van der Waals surface area contributed by atoms with Crippen LogP contribution in [0.1, 0.15) is 36.2 Å². The summed E-state index contributed by atoms with van der Waals surface area (Å²) in [5, 5.41) is 4.06. The van der Waals surface area contributed by atoms with Crippen LogP contribution in [0.15, 0.2) is 18.2 Å². The van der Waals surface area contributed by atoms with Gasteiger partial charge in [0.25, 0.3) is 0 Å². The summed E-state index contributed by atoms with van der Waals surface area (Å²) in [4.78, 5) is 13.6. The number of nitrogens with two attached hydrogens (primary N) is 1. The molecule has 116 valence electrons. The number of likely N-dealkylation sites (tertiary alicyclic amines) is 1. The predicted molar refractivity (Wildman–Crippen MR) is 86.5 cm³/mol. The van der Waals surface area contributed by atoms with Gasteiger partial charge in [-0.15, -0.1) is 0 Å². The predicted octanol–water partition coefficient (Wildman–Crippen LogP) is 2.26. The van der Waals surface area contributed by atoms with E-state index in [9.17, 15) is 4.79 Å². The molecule has 0 spiro atoms. The zero-order valence-electron chi connectivity index (χ0n) is 12.7. The molecular formula is C16H24ClN3O. The standard InChI is InChI=1S/C16H24ClN3O/c1-11(2)20-6-5-12(10-20)8-19-9-14-4-3-13(16(18)21)7-15(14)17/h3-4,7,11-12,19H,5-6,8-10H2,1-2H3,(H2,18,21). The summed E-state index contributed by atoms with van der Waals surface area (Å²) in [5.74, 6) is 0.257. The first-order valence-electron chi connectivity index (χ1n) is 7.50. The molecule has 21 heavy (non-hydrogen) atoms. The van der Waals surface area contributed by atoms with Gasteiger partial charge in [0.2, 0.25) is 5.91 Å². The average Bonchev–Trinajstić information content (AvgIpc) is 2.89. The van der Waals surface area contributed by atoms with Crippen LogP contribution in [0, 0.1) is 5.92 Å². The Balaban J connectivity index is 1.80. The van der Waals surface area contributed by atoms with E-state index in [2.05, 4.69) is 24.1 Å². The Morgan fingerprint density at radius 2 is 2.29 bits per heavy atom. The lowest BCUT2D eigenvalue weighted by Gasteiger charge is -2.20. The summed E-state index contributed by atoms with van der Waals surface area (Å²) in [6.07, 6.45) is 1.25. The Kier molecular flexibility index (Phi) is 5.62. The first-order chi connectivity index (χ1) is 9.97. The van der Waals surface area contributed by atoms with Crippen molar-refractivity contribution in [1.82, 2.24) is 10.2 Å². The van der Waals surface area contributed by atoms with E-state index >= 15 is 0 Å². The zero-order chi connectivity index (χ0) is 15.4. The van der Waals surface area contributed by atoms with E-state index in [4.69, 9.17) is 17.3 Å². The highest BCUT2D eigenvalue weighted by Gasteiger charge is 2.23. The maximum absolute atomic E-state index is 11.1. The number of carbonyl (C=O) groups excluding carboxylic acids is 1. The number of benzene rings is 1. The number of halogens is 1. The number of primary amides is 1. The highest BCUT2D eigenvalue weighted by Crippen LogP contribution is 2.20. The first kappa shape index (κ1) is 16.3. The lowest BCUT2D eigenvalue weighted by atomic mass is 10.1. The number of carbonyl (C=O) groups is 1. The Morgan fingerprint density at radius 1 is 1.52 bits per heavy atom. The smallest absolute Gasteiger partial charge is 0.248 e. The molecule has 1 aliphatic rings. The van der Waals surface area contributed by atoms with Gasteiger partial charge in [-0.1, -0.05) is 17.7 Å². The number of hydrogen-bond acceptors (Lipinski definition) is 3. The van der Waals surface area contributed by atoms with Crippen molar-refractivity contribution >= 4 is 17.5 Å². The van der Waals surface area contributed by atoms with Crippen LogP contribution in [0.25, 0.3) is 0 Å². The van der Waals surface area contributed by atoms with Gasteiger partial charge in [0.1, 0.15) is 0 Å². The molecule has 0 saturated carbocycles. The summed E-state index contributed by atoms with van der Waals surface area (Å²) in [6.45, 7) is 8.57. The molecule has 1 saturated heterocycles. The monoisotopic (exact) mass is 309 g/mol. The average molecular weight is 310 g/mol. The van der Waals surface area contributed by atoms with Crippen molar-refractivity contribution in [3.63, 3.8) is 0 Å². The van der Waals surface area contributed by atoms with E-state index in [0.29, 0.717) is 22.5 Å². The third-order valence-corrected chi connectivity index (χ3v) is 4.49. The number of hydrogen-bond donors (Lipinski definition) is 2. The molecule has 1 aromatic rings. The van der Waals surface area contributed by atoms with Crippen molar-refractivity contribution < 1.29 is 4.79 Å². The highest BCUT2D eigenvalue weighted by molar-refractivity contribution is 6.31. The lowest BCUT2D eigenvalue weighted by Crippen LogP contribution is -2.30. The van der Waals surface area contributed by atoms with Crippen LogP contribution in [0.5, 0.6) is 0 Å². The third kappa shape index (κ3) is 4.43. The molecule has 3 N–H and O–H groups in total. The van der Waals surface area contributed by atoms with Crippen LogP contribution in [-0.4, -0.2) is 36.5 Å². The molecule has 2 rings (SSSR count). The molecule has 1 atom stereocenters. The van der Waals surface area contributed by atoms with Crippen molar-refractivity contribution in [2.24, 2.45) is 11.7 Å². The molecule has 1 aromatic carbocycles. The van der Waals surface area contributed by atoms with Crippen molar-refractivity contribution in [2.75, 3.05) is 19.6 Å². The molecule has 0 aromatic heterocycles. The van der Waals surface area contributed by atoms with Crippen LogP contribution in [-0.2, 0) is 6.54 Å². The summed E-state index contributed by atoms with van der Waals surface area (Å²) >= 11 is 6.18. The second-order valence-electron chi connectivity index (χ2n) is 6.04. The van der Waals surface area contributed by atoms with E-state index in [1.54, 1.807) is 12.1 Å². The summed E-state index contributed by atoms with van der Waals surface area (Å²) < 4.78 is 0. The molecular weight excluding hydrogens is 286 g/mol. The molecule has 5 heteroatoms. The van der Waals surface area contributed by atoms with Crippen molar-refractivity contribution in [3.05, 3.63) is 34.3 Å². The Bertz CT molecular complexity index is 504. The fraction of sp³-hybridized carbons (Fsp3) is 0.562. The van der Waals surface area contributed by atoms with Gasteiger partial charge >= 0.3 is 0 Å². The van der Waals surface area contributed by atoms with E-state index in [-0.39, 0.29) is 0 Å². The first-order valence-corrected chi connectivity index (χ1v) is 7.88. The van der Waals surface area contributed by atoms with E-state index in [1.165, 1.54) is 19.5 Å². The molecule has 1 aliphatic heterocycles. The maximum Gasteiger partial charge on any atom is 0.248 e. The topological polar surface area (TPSA) is 58.4 Å². The molecule has 0 bridgehead atoms. The van der Waals surface area contributed by atoms with Crippen molar-refractivity contribution in [2.45, 2.75) is 32.9 Å². The molecule has 1 heterocycles. The maximum atomic E-state index is 11.1. The van der Waals surface area contributed by atoms with Crippen molar-refractivity contribution in [1.29, 1.82) is 0 Å². The number of nitrogens with zero attached hydrogens (tertiary/aromatic N) is 1. The lowest BCUT2D eigenvalue weighted by molar-refractivity contribution is 0.100. The quantitative estimate of drug-likeness (QED) is 0.847. The van der Waals surface area contributed by atoms with Crippen LogP contribution in [0.4, 0.5) is 0 Å². The van der Waals surface area contributed by atoms with Gasteiger partial charge < -0.3 is 16.0 Å². The Morgan fingerprint density at radius 3 is 2.86 bits per heavy atom. The third-order valence-electron chi connectivity index (χ3n) is 4.13. The minimum atomic E-state index is -0.448. The zero-order valence-corrected chi connectivity index (χ0v) is 13.5. The van der Waals surface area contributed by atoms with Crippen molar-refractivity contribution in [3.8, 4) is 0 Å². The molecule has 0 aliphatic carbocycles. The largest absolute Gasteiger partial charge is 0.366 e. The van der Waals surface area contributed by atoms with Gasteiger partial charge in [-0.05, 0) is 57.0 Å².